The quantitative estimate of drug-likeness (QED) is 0.606. The number of hydrogen-bond donors (Lipinski definition) is 0. The largest absolute Gasteiger partial charge is 0.254 e. The van der Waals surface area contributed by atoms with Crippen LogP contribution >= 0.6 is 0 Å². The third-order valence-electron chi connectivity index (χ3n) is 3.84. The normalized spacial score (nSPS) is 11.5. The number of benzene rings is 2. The van der Waals surface area contributed by atoms with E-state index in [2.05, 4.69) is 66.3 Å². The van der Waals surface area contributed by atoms with E-state index in [-0.39, 0.29) is 0 Å². The number of rotatable bonds is 2. The lowest BCUT2D eigenvalue weighted by Gasteiger charge is -1.97. The van der Waals surface area contributed by atoms with Gasteiger partial charge in [0, 0.05) is 6.92 Å². The molecule has 0 radical (unpaired) electrons. The minimum absolute atomic E-state index is 1.02. The first-order chi connectivity index (χ1) is 8.76. The maximum absolute atomic E-state index is 2.39. The van der Waals surface area contributed by atoms with E-state index in [1.165, 1.54) is 27.6 Å². The van der Waals surface area contributed by atoms with Gasteiger partial charge in [-0.2, -0.15) is 0 Å². The molecule has 0 bridgehead atoms. The Hall–Kier alpha value is -1.83. The van der Waals surface area contributed by atoms with Gasteiger partial charge < -0.3 is 0 Å². The average Bonchev–Trinajstić information content (AvgIpc) is 2.66. The summed E-state index contributed by atoms with van der Waals surface area (Å²) in [5.74, 6) is 1.34. The summed E-state index contributed by atoms with van der Waals surface area (Å²) >= 11 is 0. The van der Waals surface area contributed by atoms with Crippen molar-refractivity contribution in [2.45, 2.75) is 33.9 Å². The molecule has 3 aromatic rings. The van der Waals surface area contributed by atoms with E-state index in [9.17, 15) is 0 Å². The number of aromatic nitrogens is 2. The van der Waals surface area contributed by atoms with Gasteiger partial charge in [-0.25, -0.2) is 9.13 Å². The van der Waals surface area contributed by atoms with Crippen LogP contribution in [-0.4, -0.2) is 4.57 Å². The zero-order valence-electron chi connectivity index (χ0n) is 11.3. The third-order valence-corrected chi connectivity index (χ3v) is 3.84. The molecule has 0 atom stereocenters. The van der Waals surface area contributed by atoms with Crippen molar-refractivity contribution in [2.24, 2.45) is 0 Å². The molecular formula is C16H19N2+. The van der Waals surface area contributed by atoms with E-state index in [0.29, 0.717) is 0 Å². The van der Waals surface area contributed by atoms with Crippen LogP contribution in [0.15, 0.2) is 36.4 Å². The van der Waals surface area contributed by atoms with Crippen LogP contribution in [0.5, 0.6) is 0 Å². The Morgan fingerprint density at radius 1 is 1.06 bits per heavy atom. The van der Waals surface area contributed by atoms with E-state index >= 15 is 0 Å². The Labute approximate surface area is 107 Å². The number of aryl methyl sites for hydroxylation is 2. The Kier molecular flexibility index (Phi) is 2.58. The fourth-order valence-corrected chi connectivity index (χ4v) is 2.94. The van der Waals surface area contributed by atoms with Crippen LogP contribution in [0.25, 0.3) is 21.8 Å². The molecule has 0 aliphatic carbocycles. The molecule has 0 spiro atoms. The Morgan fingerprint density at radius 2 is 1.72 bits per heavy atom. The molecule has 0 fully saturated rings. The summed E-state index contributed by atoms with van der Waals surface area (Å²) in [5, 5.41) is 2.64. The van der Waals surface area contributed by atoms with Crippen LogP contribution in [0.4, 0.5) is 0 Å². The first-order valence-electron chi connectivity index (χ1n) is 6.67. The molecule has 1 aromatic heterocycles. The minimum Gasteiger partial charge on any atom is -0.228 e. The van der Waals surface area contributed by atoms with Crippen molar-refractivity contribution >= 4 is 21.8 Å². The third kappa shape index (κ3) is 1.45. The molecule has 0 unspecified atom stereocenters. The van der Waals surface area contributed by atoms with Crippen molar-refractivity contribution in [2.75, 3.05) is 0 Å². The molecule has 1 heterocycles. The van der Waals surface area contributed by atoms with E-state index in [1.54, 1.807) is 0 Å². The van der Waals surface area contributed by atoms with Gasteiger partial charge >= 0.3 is 0 Å². The summed E-state index contributed by atoms with van der Waals surface area (Å²) in [5.41, 5.74) is 2.69. The van der Waals surface area contributed by atoms with Gasteiger partial charge in [0.25, 0.3) is 5.82 Å². The first-order valence-corrected chi connectivity index (χ1v) is 6.67. The van der Waals surface area contributed by atoms with Gasteiger partial charge in [0.15, 0.2) is 11.0 Å². The van der Waals surface area contributed by atoms with Crippen molar-refractivity contribution in [1.82, 2.24) is 4.57 Å². The predicted octanol–water partition coefficient (Wildman–Crippen LogP) is 3.43. The maximum Gasteiger partial charge on any atom is 0.254 e. The molecule has 0 saturated heterocycles. The van der Waals surface area contributed by atoms with Crippen molar-refractivity contribution in [1.29, 1.82) is 0 Å². The Bertz CT molecular complexity index is 662. The summed E-state index contributed by atoms with van der Waals surface area (Å²) in [7, 11) is 0. The molecule has 2 nitrogen and oxygen atoms in total. The van der Waals surface area contributed by atoms with Crippen LogP contribution in [0.3, 0.4) is 0 Å². The smallest absolute Gasteiger partial charge is 0.228 e. The zero-order chi connectivity index (χ0) is 12.7. The van der Waals surface area contributed by atoms with Crippen LogP contribution in [0, 0.1) is 6.92 Å². The topological polar surface area (TPSA) is 8.81 Å². The minimum atomic E-state index is 1.02. The van der Waals surface area contributed by atoms with Gasteiger partial charge in [0.2, 0.25) is 0 Å². The highest BCUT2D eigenvalue weighted by Crippen LogP contribution is 2.22. The van der Waals surface area contributed by atoms with Gasteiger partial charge in [-0.05, 0) is 36.8 Å². The van der Waals surface area contributed by atoms with E-state index in [1.807, 2.05) is 0 Å². The molecule has 0 aliphatic heterocycles. The van der Waals surface area contributed by atoms with Gasteiger partial charge in [-0.1, -0.05) is 24.3 Å². The highest BCUT2D eigenvalue weighted by atomic mass is 15.2. The zero-order valence-corrected chi connectivity index (χ0v) is 11.3. The Balaban J connectivity index is 2.49. The summed E-state index contributed by atoms with van der Waals surface area (Å²) < 4.78 is 4.79. The monoisotopic (exact) mass is 239 g/mol. The molecule has 0 aliphatic rings. The lowest BCUT2D eigenvalue weighted by molar-refractivity contribution is -0.674. The van der Waals surface area contributed by atoms with Crippen molar-refractivity contribution < 1.29 is 4.57 Å². The van der Waals surface area contributed by atoms with E-state index < -0.39 is 0 Å². The summed E-state index contributed by atoms with van der Waals surface area (Å²) in [6.07, 6.45) is 0. The van der Waals surface area contributed by atoms with Crippen molar-refractivity contribution in [3.05, 3.63) is 42.2 Å². The molecular weight excluding hydrogens is 220 g/mol. The molecule has 2 aromatic carbocycles. The standard InChI is InChI=1S/C16H19N2/c1-4-17-12(3)18(5-2)16-11-14-9-7-6-8-13(14)10-15(16)17/h6-11H,4-5H2,1-3H3/q+1. The molecule has 18 heavy (non-hydrogen) atoms. The van der Waals surface area contributed by atoms with Gasteiger partial charge in [0.1, 0.15) is 0 Å². The SMILES string of the molecule is CCn1c(C)[n+](CC)c2cc3ccccc3cc21. The maximum atomic E-state index is 2.39. The van der Waals surface area contributed by atoms with Crippen LogP contribution in [-0.2, 0) is 13.1 Å². The fraction of sp³-hybridized carbons (Fsp3) is 0.312. The van der Waals surface area contributed by atoms with E-state index in [4.69, 9.17) is 0 Å². The van der Waals surface area contributed by atoms with Gasteiger partial charge in [-0.15, -0.1) is 0 Å². The number of imidazole rings is 1. The second kappa shape index (κ2) is 4.13. The lowest BCUT2D eigenvalue weighted by Crippen LogP contribution is -2.35. The molecule has 0 amide bonds. The number of fused-ring (bicyclic) bond motifs is 2. The Morgan fingerprint density at radius 3 is 2.33 bits per heavy atom. The molecule has 2 heteroatoms. The fourth-order valence-electron chi connectivity index (χ4n) is 2.94. The number of nitrogens with zero attached hydrogens (tertiary/aromatic N) is 2. The predicted molar refractivity (Wildman–Crippen MR) is 75.7 cm³/mol. The first kappa shape index (κ1) is 11.3. The highest BCUT2D eigenvalue weighted by Gasteiger charge is 2.19. The second-order valence-electron chi connectivity index (χ2n) is 4.72. The van der Waals surface area contributed by atoms with Crippen LogP contribution in [0.1, 0.15) is 19.7 Å². The van der Waals surface area contributed by atoms with E-state index in [0.717, 1.165) is 13.1 Å². The summed E-state index contributed by atoms with van der Waals surface area (Å²) in [6.45, 7) is 8.67. The van der Waals surface area contributed by atoms with Crippen LogP contribution in [0.2, 0.25) is 0 Å². The van der Waals surface area contributed by atoms with Crippen molar-refractivity contribution in [3.8, 4) is 0 Å². The molecule has 0 N–H and O–H groups in total. The second-order valence-corrected chi connectivity index (χ2v) is 4.72. The lowest BCUT2D eigenvalue weighted by atomic mass is 10.1. The van der Waals surface area contributed by atoms with Gasteiger partial charge in [-0.3, -0.25) is 0 Å². The van der Waals surface area contributed by atoms with Crippen LogP contribution < -0.4 is 4.57 Å². The van der Waals surface area contributed by atoms with Crippen molar-refractivity contribution in [3.63, 3.8) is 0 Å². The molecule has 92 valence electrons. The highest BCUT2D eigenvalue weighted by molar-refractivity contribution is 5.94. The molecule has 0 saturated carbocycles. The number of hydrogen-bond acceptors (Lipinski definition) is 0. The summed E-state index contributed by atoms with van der Waals surface area (Å²) in [6, 6.07) is 13.2. The molecule has 3 rings (SSSR count). The average molecular weight is 239 g/mol. The summed E-state index contributed by atoms with van der Waals surface area (Å²) in [4.78, 5) is 0. The van der Waals surface area contributed by atoms with Gasteiger partial charge in [0.05, 0.1) is 13.1 Å².